The summed E-state index contributed by atoms with van der Waals surface area (Å²) in [6.07, 6.45) is 0.732. The van der Waals surface area contributed by atoms with Crippen LogP contribution in [0.15, 0.2) is 40.9 Å². The minimum Gasteiger partial charge on any atom is -0.778 e. The largest absolute Gasteiger partial charge is 0.778 e. The van der Waals surface area contributed by atoms with Crippen molar-refractivity contribution in [2.24, 2.45) is 7.05 Å². The first-order valence-electron chi connectivity index (χ1n) is 15.4. The SMILES string of the molecule is CC(C)N1C(=O)c2ccccc2NS1(=O)=O.CC(C)OC(=O)c1cc(-c2nn(C)c(C(F)(F)F)c2Br)c(F)cc1Cl.C[S+](C)C.O=C(O)CNCP(=O)([O-])O. The zero-order chi connectivity index (χ0) is 42.8. The van der Waals surface area contributed by atoms with Crippen LogP contribution in [0.1, 0.15) is 54.1 Å². The quantitative estimate of drug-likeness (QED) is 0.101. The number of aromatic nitrogens is 2. The predicted octanol–water partition coefficient (Wildman–Crippen LogP) is 5.09. The van der Waals surface area contributed by atoms with Gasteiger partial charge >= 0.3 is 28.3 Å². The molecule has 1 unspecified atom stereocenters. The summed E-state index contributed by atoms with van der Waals surface area (Å²) < 4.78 is 95.4. The summed E-state index contributed by atoms with van der Waals surface area (Å²) in [4.78, 5) is 51.8. The lowest BCUT2D eigenvalue weighted by atomic mass is 10.1. The molecule has 55 heavy (non-hydrogen) atoms. The van der Waals surface area contributed by atoms with Crippen molar-refractivity contribution in [3.8, 4) is 11.3 Å². The van der Waals surface area contributed by atoms with Crippen LogP contribution in [-0.2, 0) is 48.4 Å². The average molecular weight is 929 g/mol. The molecule has 0 saturated heterocycles. The van der Waals surface area contributed by atoms with Crippen molar-refractivity contribution in [2.45, 2.75) is 46.0 Å². The molecule has 4 N–H and O–H groups in total. The Kier molecular flexibility index (Phi) is 18.8. The van der Waals surface area contributed by atoms with E-state index in [1.165, 1.54) is 0 Å². The number of esters is 1. The van der Waals surface area contributed by atoms with Gasteiger partial charge in [-0.2, -0.15) is 26.7 Å². The lowest BCUT2D eigenvalue weighted by molar-refractivity contribution is -0.193. The molecule has 1 amide bonds. The van der Waals surface area contributed by atoms with E-state index in [4.69, 9.17) is 26.3 Å². The van der Waals surface area contributed by atoms with E-state index >= 15 is 0 Å². The van der Waals surface area contributed by atoms with Crippen LogP contribution in [0, 0.1) is 5.82 Å². The summed E-state index contributed by atoms with van der Waals surface area (Å²) in [5.41, 5.74) is -1.14. The fraction of sp³-hybridized carbons (Fsp3) is 0.419. The summed E-state index contributed by atoms with van der Waals surface area (Å²) in [6.45, 7) is 6.06. The highest BCUT2D eigenvalue weighted by atomic mass is 79.9. The van der Waals surface area contributed by atoms with Gasteiger partial charge in [0.15, 0.2) is 5.69 Å². The number of hydrogen-bond donors (Lipinski definition) is 4. The first-order valence-corrected chi connectivity index (χ1v) is 22.2. The number of para-hydroxylation sites is 1. The van der Waals surface area contributed by atoms with Crippen LogP contribution in [0.25, 0.3) is 11.3 Å². The maximum absolute atomic E-state index is 14.3. The molecular weight excluding hydrogens is 889 g/mol. The number of ether oxygens (including phenoxy) is 1. The second kappa shape index (κ2) is 20.8. The van der Waals surface area contributed by atoms with Gasteiger partial charge in [-0.1, -0.05) is 23.7 Å². The molecule has 0 saturated carbocycles. The Morgan fingerprint density at radius 2 is 1.69 bits per heavy atom. The molecule has 0 aliphatic carbocycles. The lowest BCUT2D eigenvalue weighted by Crippen LogP contribution is -2.48. The number of nitrogens with one attached hydrogen (secondary N) is 2. The zero-order valence-corrected chi connectivity index (χ0v) is 35.4. The predicted molar refractivity (Wildman–Crippen MR) is 203 cm³/mol. The molecule has 1 atom stereocenters. The van der Waals surface area contributed by atoms with Crippen molar-refractivity contribution in [3.05, 3.63) is 68.5 Å². The summed E-state index contributed by atoms with van der Waals surface area (Å²) in [5, 5.41) is 13.5. The third kappa shape index (κ3) is 15.7. The molecule has 308 valence electrons. The van der Waals surface area contributed by atoms with Crippen LogP contribution in [0.2, 0.25) is 5.02 Å². The second-order valence-electron chi connectivity index (χ2n) is 12.1. The third-order valence-corrected chi connectivity index (χ3v) is 9.32. The van der Waals surface area contributed by atoms with Gasteiger partial charge in [0.05, 0.1) is 64.0 Å². The molecule has 15 nitrogen and oxygen atoms in total. The normalized spacial score (nSPS) is 14.3. The third-order valence-electron chi connectivity index (χ3n) is 6.04. The van der Waals surface area contributed by atoms with E-state index in [9.17, 15) is 49.8 Å². The number of amides is 1. The monoisotopic (exact) mass is 927 g/mol. The molecule has 0 bridgehead atoms. The molecule has 1 aromatic heterocycles. The van der Waals surface area contributed by atoms with Gasteiger partial charge in [0.2, 0.25) is 0 Å². The van der Waals surface area contributed by atoms with E-state index < -0.39 is 82.8 Å². The van der Waals surface area contributed by atoms with Crippen molar-refractivity contribution >= 4 is 79.8 Å². The number of fused-ring (bicyclic) bond motifs is 1. The molecule has 4 rings (SSSR count). The summed E-state index contributed by atoms with van der Waals surface area (Å²) >= 11 is 8.67. The van der Waals surface area contributed by atoms with Crippen LogP contribution < -0.4 is 14.9 Å². The molecular formula is C31H40BrClF4N5O10PS2. The number of hydrogen-bond acceptors (Lipinski definition) is 10. The fourth-order valence-corrected chi connectivity index (χ4v) is 6.96. The maximum Gasteiger partial charge on any atom is 0.434 e. The Morgan fingerprint density at radius 3 is 2.15 bits per heavy atom. The van der Waals surface area contributed by atoms with Crippen molar-refractivity contribution in [1.82, 2.24) is 19.4 Å². The molecule has 2 heterocycles. The number of benzene rings is 2. The van der Waals surface area contributed by atoms with Gasteiger partial charge in [0.25, 0.3) is 5.91 Å². The second-order valence-corrected chi connectivity index (χ2v) is 18.9. The van der Waals surface area contributed by atoms with E-state index in [-0.39, 0.29) is 21.8 Å². The molecule has 24 heteroatoms. The number of carboxylic acid groups (broad SMARTS) is 1. The Bertz CT molecular complexity index is 1990. The number of rotatable bonds is 8. The van der Waals surface area contributed by atoms with Crippen molar-refractivity contribution in [2.75, 3.05) is 36.3 Å². The number of carbonyl (C=O) groups is 3. The molecule has 0 radical (unpaired) electrons. The van der Waals surface area contributed by atoms with Gasteiger partial charge < -0.3 is 24.2 Å². The number of carbonyl (C=O) groups excluding carboxylic acids is 2. The van der Waals surface area contributed by atoms with E-state index in [0.717, 1.165) is 23.5 Å². The topological polar surface area (TPSA) is 220 Å². The van der Waals surface area contributed by atoms with Gasteiger partial charge in [-0.05, 0) is 78.8 Å². The van der Waals surface area contributed by atoms with Crippen LogP contribution >= 0.6 is 35.1 Å². The smallest absolute Gasteiger partial charge is 0.434 e. The first-order chi connectivity index (χ1) is 25.0. The Balaban J connectivity index is 0.000000429. The van der Waals surface area contributed by atoms with Crippen molar-refractivity contribution < 1.29 is 64.6 Å². The minimum absolute atomic E-state index is 0.169. The van der Waals surface area contributed by atoms with Gasteiger partial charge in [-0.25, -0.2) is 13.5 Å². The number of aryl methyl sites for hydroxylation is 1. The highest BCUT2D eigenvalue weighted by Gasteiger charge is 2.39. The van der Waals surface area contributed by atoms with Gasteiger partial charge in [0.1, 0.15) is 19.1 Å². The summed E-state index contributed by atoms with van der Waals surface area (Å²) in [5.74, 6) is -3.39. The van der Waals surface area contributed by atoms with E-state index in [2.05, 4.69) is 44.5 Å². The van der Waals surface area contributed by atoms with Crippen LogP contribution in [0.3, 0.4) is 0 Å². The number of nitrogens with zero attached hydrogens (tertiary/aromatic N) is 3. The average Bonchev–Trinajstić information content (AvgIpc) is 3.29. The van der Waals surface area contributed by atoms with Crippen LogP contribution in [-0.4, -0.2) is 94.1 Å². The molecule has 0 fully saturated rings. The van der Waals surface area contributed by atoms with E-state index in [1.807, 2.05) is 5.32 Å². The number of halogens is 6. The zero-order valence-electron chi connectivity index (χ0n) is 30.6. The highest BCUT2D eigenvalue weighted by molar-refractivity contribution is 9.10. The Labute approximate surface area is 331 Å². The number of anilines is 1. The lowest BCUT2D eigenvalue weighted by Gasteiger charge is -2.31. The van der Waals surface area contributed by atoms with Crippen molar-refractivity contribution in [1.29, 1.82) is 0 Å². The first kappa shape index (κ1) is 49.8. The maximum atomic E-state index is 14.3. The Hall–Kier alpha value is -3.24. The molecule has 2 aromatic carbocycles. The molecule has 0 spiro atoms. The summed E-state index contributed by atoms with van der Waals surface area (Å²) in [7, 11) is -6.38. The minimum atomic E-state index is -4.69. The van der Waals surface area contributed by atoms with E-state index in [0.29, 0.717) is 26.8 Å². The van der Waals surface area contributed by atoms with Crippen molar-refractivity contribution in [3.63, 3.8) is 0 Å². The van der Waals surface area contributed by atoms with Gasteiger partial charge in [-0.15, -0.1) is 0 Å². The van der Waals surface area contributed by atoms with Crippen LogP contribution in [0.4, 0.5) is 23.2 Å². The van der Waals surface area contributed by atoms with Crippen LogP contribution in [0.5, 0.6) is 0 Å². The molecule has 1 aliphatic rings. The molecule has 1 aliphatic heterocycles. The highest BCUT2D eigenvalue weighted by Crippen LogP contribution is 2.41. The number of carboxylic acids is 1. The van der Waals surface area contributed by atoms with Gasteiger partial charge in [0, 0.05) is 18.7 Å². The summed E-state index contributed by atoms with van der Waals surface area (Å²) in [6, 6.07) is 8.02. The standard InChI is InChI=1S/C15H12BrClF4N2O2.C10H12N2O3S.C3H8NO5P.C3H9S/c1-6(2)25-14(24)7-4-8(10(18)5-9(7)17)12-11(16)13(15(19,20)21)23(3)22-12;1-7(2)12-10(13)8-5-3-4-6-9(8)11-16(12,14)15;5-3(6)1-4-2-10(7,8)9;1-4(2)3/h4-6H,1-3H3;3-7,11H,1-2H3;4H,1-2H2,(H,5,6)(H2,7,8,9);1-3H3/q;;;+1/p-1. The van der Waals surface area contributed by atoms with Gasteiger partial charge in [-0.3, -0.25) is 24.3 Å². The van der Waals surface area contributed by atoms with E-state index in [1.54, 1.807) is 52.0 Å². The Morgan fingerprint density at radius 1 is 1.15 bits per heavy atom. The fourth-order valence-electron chi connectivity index (χ4n) is 4.13. The number of alkyl halides is 3. The number of aliphatic carboxylic acids is 1. The molecule has 3 aromatic rings.